The average molecular weight is 277 g/mol. The van der Waals surface area contributed by atoms with Gasteiger partial charge in [-0.25, -0.2) is 0 Å². The molecule has 0 aliphatic heterocycles. The Kier molecular flexibility index (Phi) is 5.04. The lowest BCUT2D eigenvalue weighted by atomic mass is 10.1. The number of hydrogen-bond acceptors (Lipinski definition) is 5. The summed E-state index contributed by atoms with van der Waals surface area (Å²) in [6.45, 7) is 1.36. The van der Waals surface area contributed by atoms with Gasteiger partial charge in [0.1, 0.15) is 5.92 Å². The number of nitrogens with zero attached hydrogens (tertiary/aromatic N) is 3. The molecule has 0 saturated carbocycles. The maximum absolute atomic E-state index is 12.6. The number of aromatic nitrogens is 2. The van der Waals surface area contributed by atoms with E-state index in [9.17, 15) is 13.2 Å². The van der Waals surface area contributed by atoms with E-state index in [0.29, 0.717) is 11.4 Å². The quantitative estimate of drug-likeness (QED) is 0.320. The molecule has 1 rings (SSSR count). The van der Waals surface area contributed by atoms with E-state index in [0.717, 1.165) is 0 Å². The van der Waals surface area contributed by atoms with Crippen molar-refractivity contribution in [1.29, 1.82) is 0 Å². The molecule has 0 spiro atoms. The van der Waals surface area contributed by atoms with Crippen molar-refractivity contribution in [2.24, 2.45) is 16.8 Å². The number of alkyl halides is 3. The molecular weight excluding hydrogens is 263 g/mol. The summed E-state index contributed by atoms with van der Waals surface area (Å²) in [5.74, 6) is -2.93. The van der Waals surface area contributed by atoms with E-state index in [2.05, 4.69) is 20.4 Å². The molecule has 19 heavy (non-hydrogen) atoms. The van der Waals surface area contributed by atoms with Crippen molar-refractivity contribution in [1.82, 2.24) is 15.3 Å². The number of oxime groups is 1. The van der Waals surface area contributed by atoms with Gasteiger partial charge in [-0.15, -0.1) is 0 Å². The van der Waals surface area contributed by atoms with Gasteiger partial charge < -0.3 is 16.3 Å². The van der Waals surface area contributed by atoms with Crippen molar-refractivity contribution in [3.63, 3.8) is 0 Å². The standard InChI is InChI=1S/C10H14F3N5O/c1-6-2-17-7(4-16-6)3-15-5-8(9(14)18-19)10(11,12)13/h2,4,8,15,19H,3,5H2,1H3,(H2,14,18). The normalized spacial score (nSPS) is 14.4. The summed E-state index contributed by atoms with van der Waals surface area (Å²) in [5.41, 5.74) is 6.24. The maximum atomic E-state index is 12.6. The summed E-state index contributed by atoms with van der Waals surface area (Å²) in [6.07, 6.45) is -1.60. The van der Waals surface area contributed by atoms with Crippen molar-refractivity contribution in [3.8, 4) is 0 Å². The molecule has 0 saturated heterocycles. The van der Waals surface area contributed by atoms with Crippen LogP contribution in [0.15, 0.2) is 17.5 Å². The topological polar surface area (TPSA) is 96.4 Å². The zero-order valence-corrected chi connectivity index (χ0v) is 10.1. The number of nitrogens with one attached hydrogen (secondary N) is 1. The number of halogens is 3. The van der Waals surface area contributed by atoms with Crippen molar-refractivity contribution in [2.45, 2.75) is 19.6 Å². The molecule has 1 heterocycles. The molecule has 0 amide bonds. The van der Waals surface area contributed by atoms with E-state index >= 15 is 0 Å². The van der Waals surface area contributed by atoms with E-state index in [1.54, 1.807) is 6.92 Å². The van der Waals surface area contributed by atoms with E-state index in [1.807, 2.05) is 0 Å². The first-order valence-corrected chi connectivity index (χ1v) is 5.37. The predicted molar refractivity (Wildman–Crippen MR) is 61.4 cm³/mol. The van der Waals surface area contributed by atoms with Gasteiger partial charge in [0, 0.05) is 25.5 Å². The number of hydrogen-bond donors (Lipinski definition) is 3. The van der Waals surface area contributed by atoms with Crippen LogP contribution in [0.5, 0.6) is 0 Å². The third-order valence-electron chi connectivity index (χ3n) is 2.36. The lowest BCUT2D eigenvalue weighted by molar-refractivity contribution is -0.155. The molecule has 1 unspecified atom stereocenters. The SMILES string of the molecule is Cc1cnc(CNCC(C(N)=NO)C(F)(F)F)cn1. The van der Waals surface area contributed by atoms with Gasteiger partial charge in [-0.1, -0.05) is 5.16 Å². The van der Waals surface area contributed by atoms with Gasteiger partial charge in [0.05, 0.1) is 11.4 Å². The zero-order valence-electron chi connectivity index (χ0n) is 10.1. The van der Waals surface area contributed by atoms with E-state index in [-0.39, 0.29) is 6.54 Å². The second kappa shape index (κ2) is 6.32. The second-order valence-corrected chi connectivity index (χ2v) is 3.90. The zero-order chi connectivity index (χ0) is 14.5. The fraction of sp³-hybridized carbons (Fsp3) is 0.500. The Labute approximate surface area is 107 Å². The van der Waals surface area contributed by atoms with Crippen LogP contribution in [0.4, 0.5) is 13.2 Å². The molecule has 0 fully saturated rings. The number of rotatable bonds is 5. The Balaban J connectivity index is 2.56. The first kappa shape index (κ1) is 15.2. The molecule has 0 aliphatic carbocycles. The van der Waals surface area contributed by atoms with Gasteiger partial charge in [-0.3, -0.25) is 9.97 Å². The highest BCUT2D eigenvalue weighted by atomic mass is 19.4. The number of nitrogens with two attached hydrogens (primary N) is 1. The van der Waals surface area contributed by atoms with Crippen LogP contribution < -0.4 is 11.1 Å². The Hall–Kier alpha value is -1.90. The third kappa shape index (κ3) is 4.70. The molecule has 0 bridgehead atoms. The Morgan fingerprint density at radius 3 is 2.63 bits per heavy atom. The smallest absolute Gasteiger partial charge is 0.400 e. The van der Waals surface area contributed by atoms with Gasteiger partial charge in [-0.2, -0.15) is 13.2 Å². The van der Waals surface area contributed by atoms with Gasteiger partial charge in [-0.05, 0) is 6.92 Å². The summed E-state index contributed by atoms with van der Waals surface area (Å²) < 4.78 is 37.8. The van der Waals surface area contributed by atoms with E-state index in [4.69, 9.17) is 10.9 Å². The molecule has 0 aliphatic rings. The highest BCUT2D eigenvalue weighted by Crippen LogP contribution is 2.25. The van der Waals surface area contributed by atoms with Gasteiger partial charge >= 0.3 is 6.18 Å². The lowest BCUT2D eigenvalue weighted by Gasteiger charge is -2.19. The first-order chi connectivity index (χ1) is 8.84. The van der Waals surface area contributed by atoms with Crippen LogP contribution in [0.2, 0.25) is 0 Å². The van der Waals surface area contributed by atoms with Gasteiger partial charge in [0.25, 0.3) is 0 Å². The number of aryl methyl sites for hydroxylation is 1. The molecule has 4 N–H and O–H groups in total. The van der Waals surface area contributed by atoms with Gasteiger partial charge in [0.15, 0.2) is 5.84 Å². The summed E-state index contributed by atoms with van der Waals surface area (Å²) >= 11 is 0. The highest BCUT2D eigenvalue weighted by Gasteiger charge is 2.42. The lowest BCUT2D eigenvalue weighted by Crippen LogP contribution is -2.42. The van der Waals surface area contributed by atoms with Gasteiger partial charge in [0.2, 0.25) is 0 Å². The Bertz CT molecular complexity index is 432. The van der Waals surface area contributed by atoms with Crippen molar-refractivity contribution < 1.29 is 18.4 Å². The van der Waals surface area contributed by atoms with Crippen molar-refractivity contribution >= 4 is 5.84 Å². The van der Waals surface area contributed by atoms with Crippen molar-refractivity contribution in [2.75, 3.05) is 6.54 Å². The Morgan fingerprint density at radius 2 is 2.16 bits per heavy atom. The minimum Gasteiger partial charge on any atom is -0.409 e. The largest absolute Gasteiger partial charge is 0.409 e. The van der Waals surface area contributed by atoms with Crippen LogP contribution in [0.25, 0.3) is 0 Å². The van der Waals surface area contributed by atoms with E-state index in [1.165, 1.54) is 12.4 Å². The molecule has 6 nitrogen and oxygen atoms in total. The summed E-state index contributed by atoms with van der Waals surface area (Å²) in [7, 11) is 0. The first-order valence-electron chi connectivity index (χ1n) is 5.37. The van der Waals surface area contributed by atoms with Crippen LogP contribution in [0, 0.1) is 12.8 Å². The molecule has 0 aromatic carbocycles. The highest BCUT2D eigenvalue weighted by molar-refractivity contribution is 5.83. The summed E-state index contributed by atoms with van der Waals surface area (Å²) in [4.78, 5) is 7.95. The van der Waals surface area contributed by atoms with E-state index < -0.39 is 24.5 Å². The molecule has 9 heteroatoms. The minimum absolute atomic E-state index is 0.110. The monoisotopic (exact) mass is 277 g/mol. The average Bonchev–Trinajstić information content (AvgIpc) is 2.34. The molecular formula is C10H14F3N5O. The molecule has 106 valence electrons. The fourth-order valence-corrected chi connectivity index (χ4v) is 1.31. The van der Waals surface area contributed by atoms with Crippen LogP contribution in [0.3, 0.4) is 0 Å². The predicted octanol–water partition coefficient (Wildman–Crippen LogP) is 0.800. The number of amidine groups is 1. The van der Waals surface area contributed by atoms with Crippen LogP contribution in [-0.2, 0) is 6.54 Å². The minimum atomic E-state index is -4.58. The maximum Gasteiger partial charge on any atom is 0.400 e. The van der Waals surface area contributed by atoms with Crippen LogP contribution in [-0.4, -0.2) is 33.7 Å². The molecule has 1 atom stereocenters. The summed E-state index contributed by atoms with van der Waals surface area (Å²) in [5, 5.41) is 13.3. The second-order valence-electron chi connectivity index (χ2n) is 3.90. The van der Waals surface area contributed by atoms with Crippen molar-refractivity contribution in [3.05, 3.63) is 23.8 Å². The van der Waals surface area contributed by atoms with Crippen LogP contribution in [0.1, 0.15) is 11.4 Å². The molecule has 1 aromatic heterocycles. The fourth-order valence-electron chi connectivity index (χ4n) is 1.31. The molecule has 1 aromatic rings. The Morgan fingerprint density at radius 1 is 1.47 bits per heavy atom. The van der Waals surface area contributed by atoms with Crippen LogP contribution >= 0.6 is 0 Å². The summed E-state index contributed by atoms with van der Waals surface area (Å²) in [6, 6.07) is 0. The third-order valence-corrected chi connectivity index (χ3v) is 2.36. The molecule has 0 radical (unpaired) electrons.